The maximum Gasteiger partial charge on any atom is 0.184 e. The first kappa shape index (κ1) is 15.2. The molecule has 1 aliphatic rings. The summed E-state index contributed by atoms with van der Waals surface area (Å²) in [6.45, 7) is -0.794. The summed E-state index contributed by atoms with van der Waals surface area (Å²) in [6, 6.07) is 6.01. The van der Waals surface area contributed by atoms with Crippen LogP contribution in [0.25, 0.3) is 0 Å². The summed E-state index contributed by atoms with van der Waals surface area (Å²) in [5.41, 5.74) is 0.555. The summed E-state index contributed by atoms with van der Waals surface area (Å²) in [5, 5.41) is 47.4. The average Bonchev–Trinajstić information content (AvgIpc) is 2.60. The monoisotopic (exact) mass is 286 g/mol. The minimum absolute atomic E-state index is 0.0781. The van der Waals surface area contributed by atoms with Gasteiger partial charge in [-0.1, -0.05) is 12.1 Å². The molecule has 0 radical (unpaired) electrons. The molecule has 1 fully saturated rings. The summed E-state index contributed by atoms with van der Waals surface area (Å²) in [6.07, 6.45) is -6.06. The molecular formula is C13H18O7. The number of ether oxygens (including phenoxy) is 2. The van der Waals surface area contributed by atoms with E-state index in [1.807, 2.05) is 0 Å². The van der Waals surface area contributed by atoms with Crippen LogP contribution in [0.4, 0.5) is 0 Å². The van der Waals surface area contributed by atoms with Gasteiger partial charge in [-0.15, -0.1) is 0 Å². The molecule has 5 atom stereocenters. The third kappa shape index (κ3) is 3.26. The second kappa shape index (κ2) is 6.49. The predicted octanol–water partition coefficient (Wildman–Crippen LogP) is -1.12. The molecule has 1 saturated heterocycles. The third-order valence-electron chi connectivity index (χ3n) is 3.16. The van der Waals surface area contributed by atoms with Gasteiger partial charge >= 0.3 is 0 Å². The quantitative estimate of drug-likeness (QED) is 0.477. The first-order valence-electron chi connectivity index (χ1n) is 6.24. The van der Waals surface area contributed by atoms with Crippen molar-refractivity contribution < 1.29 is 35.0 Å². The highest BCUT2D eigenvalue weighted by Gasteiger charge is 2.38. The maximum absolute atomic E-state index is 9.86. The molecule has 1 aromatic rings. The lowest BCUT2D eigenvalue weighted by atomic mass is 10.0. The fraction of sp³-hybridized carbons (Fsp3) is 0.538. The molecule has 0 aliphatic carbocycles. The van der Waals surface area contributed by atoms with E-state index in [4.69, 9.17) is 14.6 Å². The minimum Gasteiger partial charge on any atom is -0.508 e. The molecule has 1 aliphatic heterocycles. The van der Waals surface area contributed by atoms with Crippen molar-refractivity contribution in [2.24, 2.45) is 0 Å². The maximum atomic E-state index is 9.86. The molecule has 0 aromatic heterocycles. The van der Waals surface area contributed by atoms with Gasteiger partial charge in [0.2, 0.25) is 0 Å². The number of benzene rings is 1. The van der Waals surface area contributed by atoms with Crippen molar-refractivity contribution in [3.8, 4) is 5.75 Å². The molecule has 2 rings (SSSR count). The standard InChI is InChI=1S/C13H18O7/c14-5-9(16)12-11(18)10(17)6-19-13(20-12)7-1-3-8(15)4-2-7/h1-4,9-18H,5-6H2/t9-,10+,11+,12+,13?/m0/s1. The zero-order valence-electron chi connectivity index (χ0n) is 10.7. The second-order valence-corrected chi connectivity index (χ2v) is 4.67. The van der Waals surface area contributed by atoms with Gasteiger partial charge in [0.15, 0.2) is 6.29 Å². The van der Waals surface area contributed by atoms with Crippen LogP contribution in [0.5, 0.6) is 5.75 Å². The number of aliphatic hydroxyl groups is 4. The summed E-state index contributed by atoms with van der Waals surface area (Å²) in [7, 11) is 0. The van der Waals surface area contributed by atoms with Crippen LogP contribution < -0.4 is 0 Å². The van der Waals surface area contributed by atoms with E-state index in [2.05, 4.69) is 0 Å². The number of aliphatic hydroxyl groups excluding tert-OH is 4. The number of hydrogen-bond donors (Lipinski definition) is 5. The van der Waals surface area contributed by atoms with Crippen molar-refractivity contribution in [2.75, 3.05) is 13.2 Å². The Bertz CT molecular complexity index is 421. The molecule has 1 aromatic carbocycles. The normalized spacial score (nSPS) is 32.6. The number of phenolic OH excluding ortho intramolecular Hbond substituents is 1. The molecular weight excluding hydrogens is 268 g/mol. The molecule has 7 nitrogen and oxygen atoms in total. The van der Waals surface area contributed by atoms with Gasteiger partial charge in [-0.2, -0.15) is 0 Å². The van der Waals surface area contributed by atoms with Crippen molar-refractivity contribution in [1.82, 2.24) is 0 Å². The van der Waals surface area contributed by atoms with Crippen LogP contribution in [-0.2, 0) is 9.47 Å². The number of aromatic hydroxyl groups is 1. The van der Waals surface area contributed by atoms with Crippen LogP contribution in [0.2, 0.25) is 0 Å². The van der Waals surface area contributed by atoms with Crippen molar-refractivity contribution in [2.45, 2.75) is 30.7 Å². The van der Waals surface area contributed by atoms with Crippen LogP contribution in [0.15, 0.2) is 24.3 Å². The second-order valence-electron chi connectivity index (χ2n) is 4.67. The molecule has 0 spiro atoms. The summed E-state index contributed by atoms with van der Waals surface area (Å²) >= 11 is 0. The van der Waals surface area contributed by atoms with E-state index in [-0.39, 0.29) is 12.4 Å². The zero-order chi connectivity index (χ0) is 14.7. The Balaban J connectivity index is 2.20. The highest BCUT2D eigenvalue weighted by molar-refractivity contribution is 5.26. The lowest BCUT2D eigenvalue weighted by Crippen LogP contribution is -2.47. The Morgan fingerprint density at radius 3 is 2.45 bits per heavy atom. The SMILES string of the molecule is OC[C@H](O)[C@H]1OC(c2ccc(O)cc2)OC[C@@H](O)[C@H]1O. The minimum atomic E-state index is -1.38. The first-order valence-corrected chi connectivity index (χ1v) is 6.24. The Morgan fingerprint density at radius 2 is 1.85 bits per heavy atom. The van der Waals surface area contributed by atoms with E-state index in [0.717, 1.165) is 0 Å². The molecule has 7 heteroatoms. The number of rotatable bonds is 3. The largest absolute Gasteiger partial charge is 0.508 e. The van der Waals surface area contributed by atoms with E-state index >= 15 is 0 Å². The van der Waals surface area contributed by atoms with E-state index < -0.39 is 37.3 Å². The molecule has 1 heterocycles. The Morgan fingerprint density at radius 1 is 1.20 bits per heavy atom. The number of hydrogen-bond acceptors (Lipinski definition) is 7. The lowest BCUT2D eigenvalue weighted by molar-refractivity contribution is -0.199. The lowest BCUT2D eigenvalue weighted by Gasteiger charge is -2.27. The predicted molar refractivity (Wildman–Crippen MR) is 66.8 cm³/mol. The average molecular weight is 286 g/mol. The first-order chi connectivity index (χ1) is 9.52. The van der Waals surface area contributed by atoms with Gasteiger partial charge in [0.1, 0.15) is 30.2 Å². The van der Waals surface area contributed by atoms with E-state index in [0.29, 0.717) is 5.56 Å². The number of phenols is 1. The van der Waals surface area contributed by atoms with Crippen molar-refractivity contribution in [1.29, 1.82) is 0 Å². The topological polar surface area (TPSA) is 120 Å². The van der Waals surface area contributed by atoms with Gasteiger partial charge in [-0.3, -0.25) is 0 Å². The van der Waals surface area contributed by atoms with Crippen LogP contribution in [0.1, 0.15) is 11.9 Å². The van der Waals surface area contributed by atoms with Crippen LogP contribution in [0, 0.1) is 0 Å². The fourth-order valence-corrected chi connectivity index (χ4v) is 1.99. The van der Waals surface area contributed by atoms with Gasteiger partial charge in [0.05, 0.1) is 13.2 Å². The van der Waals surface area contributed by atoms with Gasteiger partial charge in [-0.25, -0.2) is 0 Å². The Hall–Kier alpha value is -1.22. The molecule has 0 saturated carbocycles. The molecule has 20 heavy (non-hydrogen) atoms. The third-order valence-corrected chi connectivity index (χ3v) is 3.16. The summed E-state index contributed by atoms with van der Waals surface area (Å²) in [4.78, 5) is 0. The van der Waals surface area contributed by atoms with Crippen LogP contribution in [0.3, 0.4) is 0 Å². The van der Waals surface area contributed by atoms with Crippen LogP contribution >= 0.6 is 0 Å². The molecule has 1 unspecified atom stereocenters. The molecule has 5 N–H and O–H groups in total. The molecule has 112 valence electrons. The smallest absolute Gasteiger partial charge is 0.184 e. The van der Waals surface area contributed by atoms with Crippen LogP contribution in [-0.4, -0.2) is 63.2 Å². The van der Waals surface area contributed by atoms with Crippen molar-refractivity contribution >= 4 is 0 Å². The highest BCUT2D eigenvalue weighted by atomic mass is 16.7. The Kier molecular flexibility index (Phi) is 4.92. The zero-order valence-corrected chi connectivity index (χ0v) is 10.7. The van der Waals surface area contributed by atoms with Gasteiger partial charge < -0.3 is 35.0 Å². The van der Waals surface area contributed by atoms with E-state index in [1.165, 1.54) is 12.1 Å². The van der Waals surface area contributed by atoms with E-state index in [9.17, 15) is 20.4 Å². The molecule has 0 amide bonds. The highest BCUT2D eigenvalue weighted by Crippen LogP contribution is 2.28. The molecule has 0 bridgehead atoms. The fourth-order valence-electron chi connectivity index (χ4n) is 1.99. The van der Waals surface area contributed by atoms with Crippen molar-refractivity contribution in [3.63, 3.8) is 0 Å². The summed E-state index contributed by atoms with van der Waals surface area (Å²) < 4.78 is 10.8. The Labute approximate surface area is 115 Å². The van der Waals surface area contributed by atoms with E-state index in [1.54, 1.807) is 12.1 Å². The summed E-state index contributed by atoms with van der Waals surface area (Å²) in [5.74, 6) is 0.0781. The van der Waals surface area contributed by atoms with Gasteiger partial charge in [-0.05, 0) is 12.1 Å². The van der Waals surface area contributed by atoms with Gasteiger partial charge in [0, 0.05) is 5.56 Å². The van der Waals surface area contributed by atoms with Crippen molar-refractivity contribution in [3.05, 3.63) is 29.8 Å². The van der Waals surface area contributed by atoms with Gasteiger partial charge in [0.25, 0.3) is 0 Å².